The van der Waals surface area contributed by atoms with E-state index in [9.17, 15) is 0 Å². The lowest BCUT2D eigenvalue weighted by Crippen LogP contribution is -2.60. The van der Waals surface area contributed by atoms with Gasteiger partial charge in [-0.05, 0) is 138 Å². The Kier molecular flexibility index (Phi) is 7.61. The predicted molar refractivity (Wildman–Crippen MR) is 283 cm³/mol. The highest BCUT2D eigenvalue weighted by atomic mass is 32.1. The summed E-state index contributed by atoms with van der Waals surface area (Å²) in [6, 6.07) is 46.1. The van der Waals surface area contributed by atoms with E-state index >= 15 is 0 Å². The van der Waals surface area contributed by atoms with Crippen LogP contribution in [-0.4, -0.2) is 11.4 Å². The number of aromatic nitrogens is 1. The summed E-state index contributed by atoms with van der Waals surface area (Å²) in [5, 5.41) is 5.60. The maximum absolute atomic E-state index is 2.77. The Bertz CT molecular complexity index is 3600. The van der Waals surface area contributed by atoms with Crippen molar-refractivity contribution in [1.82, 2.24) is 4.57 Å². The minimum atomic E-state index is -0.142. The van der Waals surface area contributed by atoms with Crippen LogP contribution in [0.3, 0.4) is 0 Å². The molecule has 0 fully saturated rings. The molecule has 9 aromatic rings. The first-order chi connectivity index (χ1) is 30.8. The van der Waals surface area contributed by atoms with E-state index in [1.165, 1.54) is 138 Å². The molecule has 4 heteroatoms. The van der Waals surface area contributed by atoms with Gasteiger partial charge in [-0.3, -0.25) is 0 Å². The third-order valence-electron chi connectivity index (χ3n) is 16.7. The summed E-state index contributed by atoms with van der Waals surface area (Å²) in [5.41, 5.74) is 23.5. The maximum atomic E-state index is 2.77. The van der Waals surface area contributed by atoms with Crippen molar-refractivity contribution >= 4 is 82.5 Å². The van der Waals surface area contributed by atoms with Crippen molar-refractivity contribution in [2.24, 2.45) is 0 Å². The standard InChI is InChI=1S/C61H59BN2S/c1-57(2,3)34-21-24-36(25-22-34)64-49-32-43-39(37-17-13-15-19-42(37)61(43,11)12)30-40(49)53-54-55-51(52-38-18-14-16-20-50(38)65-56(52)53)41-31-44-45(60(9,10)28-27-59(44,7)8)33-48(41)63(55)47-26-23-35(58(4,5)6)29-46(47)62(54)64/h13-26,29-33H,27-28H2,1-12H3. The predicted octanol–water partition coefficient (Wildman–Crippen LogP) is 15.6. The zero-order valence-electron chi connectivity index (χ0n) is 40.3. The molecular formula is C61H59BN2S. The highest BCUT2D eigenvalue weighted by Gasteiger charge is 2.48. The van der Waals surface area contributed by atoms with E-state index in [4.69, 9.17) is 0 Å². The fraction of sp³-hybridized carbons (Fsp3) is 0.311. The quantitative estimate of drug-likeness (QED) is 0.149. The summed E-state index contributed by atoms with van der Waals surface area (Å²) in [6.07, 6.45) is 2.37. The number of hydrogen-bond donors (Lipinski definition) is 0. The van der Waals surface area contributed by atoms with Crippen LogP contribution in [0, 0.1) is 0 Å². The average Bonchev–Trinajstić information content (AvgIpc) is 3.88. The summed E-state index contributed by atoms with van der Waals surface area (Å²) in [4.78, 5) is 2.77. The summed E-state index contributed by atoms with van der Waals surface area (Å²) in [5.74, 6) is 0. The maximum Gasteiger partial charge on any atom is 0.333 e. The van der Waals surface area contributed by atoms with E-state index in [0.717, 1.165) is 0 Å². The van der Waals surface area contributed by atoms with Gasteiger partial charge in [0.25, 0.3) is 0 Å². The number of rotatable bonds is 1. The van der Waals surface area contributed by atoms with Gasteiger partial charge in [0, 0.05) is 64.5 Å². The molecule has 0 atom stereocenters. The Morgan fingerprint density at radius 3 is 1.94 bits per heavy atom. The second-order valence-corrected chi connectivity index (χ2v) is 25.1. The van der Waals surface area contributed by atoms with Gasteiger partial charge in [0.05, 0.1) is 11.0 Å². The van der Waals surface area contributed by atoms with Crippen molar-refractivity contribution < 1.29 is 0 Å². The Morgan fingerprint density at radius 1 is 0.554 bits per heavy atom. The number of hydrogen-bond acceptors (Lipinski definition) is 2. The molecule has 0 saturated carbocycles. The fourth-order valence-corrected chi connectivity index (χ4v) is 14.2. The summed E-state index contributed by atoms with van der Waals surface area (Å²) in [6.45, 7) is 28.8. The van der Waals surface area contributed by atoms with Gasteiger partial charge in [-0.25, -0.2) is 0 Å². The number of benzene rings is 7. The SMILES string of the molecule is CC(C)(C)c1ccc(N2B3c4cc(C(C)(C)C)ccc4-n4c5cc6c(cc5c5c7c(sc8ccccc87)c(c3c54)-c3cc4c(cc32)C(C)(C)c2ccccc2-4)C(C)(C)CCC6(C)C)cc1. The summed E-state index contributed by atoms with van der Waals surface area (Å²) in [7, 11) is 0. The van der Waals surface area contributed by atoms with Gasteiger partial charge in [-0.1, -0.05) is 150 Å². The number of anilines is 2. The van der Waals surface area contributed by atoms with Crippen LogP contribution in [-0.2, 0) is 27.1 Å². The fourth-order valence-electron chi connectivity index (χ4n) is 12.9. The van der Waals surface area contributed by atoms with Crippen molar-refractivity contribution in [1.29, 1.82) is 0 Å². The smallest absolute Gasteiger partial charge is 0.333 e. The second kappa shape index (κ2) is 12.4. The molecule has 0 N–H and O–H groups in total. The van der Waals surface area contributed by atoms with Crippen LogP contribution in [0.1, 0.15) is 129 Å². The minimum absolute atomic E-state index is 0.0291. The van der Waals surface area contributed by atoms with Crippen molar-refractivity contribution in [3.05, 3.63) is 149 Å². The highest BCUT2D eigenvalue weighted by Crippen LogP contribution is 2.58. The van der Waals surface area contributed by atoms with E-state index < -0.39 is 0 Å². The molecule has 322 valence electrons. The van der Waals surface area contributed by atoms with Crippen LogP contribution in [0.4, 0.5) is 11.4 Å². The molecule has 2 aliphatic carbocycles. The Morgan fingerprint density at radius 2 is 1.22 bits per heavy atom. The molecule has 0 bridgehead atoms. The molecule has 65 heavy (non-hydrogen) atoms. The molecule has 0 saturated heterocycles. The van der Waals surface area contributed by atoms with Gasteiger partial charge in [0.15, 0.2) is 0 Å². The largest absolute Gasteiger partial charge is 0.376 e. The van der Waals surface area contributed by atoms with E-state index in [1.807, 2.05) is 11.3 Å². The van der Waals surface area contributed by atoms with Gasteiger partial charge in [-0.15, -0.1) is 11.3 Å². The number of thiophene rings is 1. The van der Waals surface area contributed by atoms with Crippen LogP contribution < -0.4 is 15.7 Å². The molecule has 4 aliphatic rings. The first-order valence-corrected chi connectivity index (χ1v) is 24.9. The zero-order chi connectivity index (χ0) is 45.1. The molecule has 0 spiro atoms. The molecule has 0 radical (unpaired) electrons. The van der Waals surface area contributed by atoms with Crippen molar-refractivity contribution in [2.75, 3.05) is 4.81 Å². The van der Waals surface area contributed by atoms with Crippen molar-refractivity contribution in [3.63, 3.8) is 0 Å². The van der Waals surface area contributed by atoms with Gasteiger partial charge >= 0.3 is 6.85 Å². The van der Waals surface area contributed by atoms with E-state index in [2.05, 4.69) is 208 Å². The summed E-state index contributed by atoms with van der Waals surface area (Å²) >= 11 is 2.01. The average molecular weight is 863 g/mol. The number of fused-ring (bicyclic) bond motifs is 17. The second-order valence-electron chi connectivity index (χ2n) is 24.0. The lowest BCUT2D eigenvalue weighted by Gasteiger charge is -2.43. The molecule has 0 amide bonds. The molecule has 0 unspecified atom stereocenters. The van der Waals surface area contributed by atoms with E-state index in [0.29, 0.717) is 0 Å². The van der Waals surface area contributed by atoms with Crippen LogP contribution in [0.5, 0.6) is 0 Å². The normalized spacial score (nSPS) is 17.4. The monoisotopic (exact) mass is 862 g/mol. The Hall–Kier alpha value is -5.58. The molecule has 4 heterocycles. The van der Waals surface area contributed by atoms with Crippen LogP contribution in [0.15, 0.2) is 115 Å². The van der Waals surface area contributed by atoms with Gasteiger partial charge in [0.1, 0.15) is 0 Å². The van der Waals surface area contributed by atoms with Gasteiger partial charge in [0.2, 0.25) is 0 Å². The number of nitrogens with zero attached hydrogens (tertiary/aromatic N) is 2. The Balaban J connectivity index is 1.28. The first kappa shape index (κ1) is 39.8. The van der Waals surface area contributed by atoms with Crippen molar-refractivity contribution in [3.8, 4) is 27.9 Å². The van der Waals surface area contributed by atoms with Crippen LogP contribution in [0.25, 0.3) is 69.9 Å². The topological polar surface area (TPSA) is 8.17 Å². The highest BCUT2D eigenvalue weighted by molar-refractivity contribution is 7.27. The third kappa shape index (κ3) is 5.13. The van der Waals surface area contributed by atoms with E-state index in [-0.39, 0.29) is 33.9 Å². The van der Waals surface area contributed by atoms with Gasteiger partial charge < -0.3 is 9.38 Å². The molecule has 2 nitrogen and oxygen atoms in total. The first-order valence-electron chi connectivity index (χ1n) is 24.1. The lowest BCUT2D eigenvalue weighted by molar-refractivity contribution is 0.332. The molecule has 13 rings (SSSR count). The third-order valence-corrected chi connectivity index (χ3v) is 17.9. The van der Waals surface area contributed by atoms with Crippen LogP contribution in [0.2, 0.25) is 0 Å². The molecule has 7 aromatic carbocycles. The lowest BCUT2D eigenvalue weighted by atomic mass is 9.43. The Labute approximate surface area is 389 Å². The van der Waals surface area contributed by atoms with E-state index in [1.54, 1.807) is 0 Å². The van der Waals surface area contributed by atoms with Gasteiger partial charge in [-0.2, -0.15) is 0 Å². The molecule has 2 aromatic heterocycles. The molecule has 2 aliphatic heterocycles. The van der Waals surface area contributed by atoms with Crippen LogP contribution >= 0.6 is 11.3 Å². The van der Waals surface area contributed by atoms with Crippen molar-refractivity contribution in [2.45, 2.75) is 123 Å². The zero-order valence-corrected chi connectivity index (χ0v) is 41.1. The minimum Gasteiger partial charge on any atom is -0.376 e. The summed E-state index contributed by atoms with van der Waals surface area (Å²) < 4.78 is 5.51. The molecular weight excluding hydrogens is 804 g/mol.